The summed E-state index contributed by atoms with van der Waals surface area (Å²) in [5.74, 6) is 2.04. The number of nitrogens with two attached hydrogens (primary N) is 1. The van der Waals surface area contributed by atoms with Gasteiger partial charge in [-0.25, -0.2) is 0 Å². The number of aromatic nitrogens is 2. The second-order valence-corrected chi connectivity index (χ2v) is 7.08. The monoisotopic (exact) mass is 349 g/mol. The van der Waals surface area contributed by atoms with Crippen molar-refractivity contribution in [3.8, 4) is 0 Å². The Bertz CT molecular complexity index is 617. The first-order chi connectivity index (χ1) is 10.0. The molecule has 0 radical (unpaired) electrons. The van der Waals surface area contributed by atoms with E-state index in [1.807, 2.05) is 12.1 Å². The molecule has 1 aliphatic carbocycles. The summed E-state index contributed by atoms with van der Waals surface area (Å²) in [7, 11) is 0. The van der Waals surface area contributed by atoms with Gasteiger partial charge in [0.15, 0.2) is 5.82 Å². The Morgan fingerprint density at radius 2 is 2.14 bits per heavy atom. The summed E-state index contributed by atoms with van der Waals surface area (Å²) in [5, 5.41) is 4.10. The van der Waals surface area contributed by atoms with Crippen molar-refractivity contribution in [1.29, 1.82) is 0 Å². The predicted molar refractivity (Wildman–Crippen MR) is 84.7 cm³/mol. The number of halogens is 1. The molecule has 1 fully saturated rings. The van der Waals surface area contributed by atoms with E-state index in [0.29, 0.717) is 18.1 Å². The molecule has 0 atom stereocenters. The van der Waals surface area contributed by atoms with E-state index in [1.165, 1.54) is 0 Å². The smallest absolute Gasteiger partial charge is 0.246 e. The van der Waals surface area contributed by atoms with Crippen LogP contribution in [0, 0.1) is 5.92 Å². The van der Waals surface area contributed by atoms with Crippen LogP contribution in [0.15, 0.2) is 33.3 Å². The SMILES string of the molecule is CC1CCC(N)(c2nc(Cc3cccc(Br)c3)no2)CC1. The molecule has 1 aromatic carbocycles. The van der Waals surface area contributed by atoms with E-state index in [1.54, 1.807) is 0 Å². The van der Waals surface area contributed by atoms with Crippen molar-refractivity contribution in [1.82, 2.24) is 10.1 Å². The number of hydrogen-bond donors (Lipinski definition) is 1. The third-order valence-corrected chi connectivity index (χ3v) is 4.81. The number of benzene rings is 1. The Morgan fingerprint density at radius 1 is 1.38 bits per heavy atom. The number of rotatable bonds is 3. The molecule has 0 amide bonds. The number of hydrogen-bond acceptors (Lipinski definition) is 4. The molecular weight excluding hydrogens is 330 g/mol. The third kappa shape index (κ3) is 3.35. The predicted octanol–water partition coefficient (Wildman–Crippen LogP) is 3.79. The topological polar surface area (TPSA) is 64.9 Å². The summed E-state index contributed by atoms with van der Waals surface area (Å²) in [6.45, 7) is 2.27. The average molecular weight is 350 g/mol. The van der Waals surface area contributed by atoms with Crippen LogP contribution in [0.3, 0.4) is 0 Å². The summed E-state index contributed by atoms with van der Waals surface area (Å²) in [5.41, 5.74) is 7.19. The largest absolute Gasteiger partial charge is 0.337 e. The van der Waals surface area contributed by atoms with Crippen LogP contribution >= 0.6 is 15.9 Å². The molecule has 1 heterocycles. The van der Waals surface area contributed by atoms with Gasteiger partial charge < -0.3 is 10.3 Å². The molecule has 0 spiro atoms. The summed E-state index contributed by atoms with van der Waals surface area (Å²) < 4.78 is 6.50. The van der Waals surface area contributed by atoms with Gasteiger partial charge in [-0.3, -0.25) is 0 Å². The zero-order valence-corrected chi connectivity index (χ0v) is 13.8. The van der Waals surface area contributed by atoms with Crippen LogP contribution in [0.1, 0.15) is 49.9 Å². The van der Waals surface area contributed by atoms with Crippen molar-refractivity contribution in [2.45, 2.75) is 44.6 Å². The van der Waals surface area contributed by atoms with Gasteiger partial charge in [0.05, 0.1) is 5.54 Å². The van der Waals surface area contributed by atoms with E-state index in [2.05, 4.69) is 45.1 Å². The maximum absolute atomic E-state index is 6.47. The van der Waals surface area contributed by atoms with Gasteiger partial charge in [0, 0.05) is 10.9 Å². The Balaban J connectivity index is 1.74. The van der Waals surface area contributed by atoms with Crippen LogP contribution in [0.5, 0.6) is 0 Å². The second kappa shape index (κ2) is 5.89. The van der Waals surface area contributed by atoms with Crippen molar-refractivity contribution < 1.29 is 4.52 Å². The lowest BCUT2D eigenvalue weighted by Crippen LogP contribution is -2.40. The number of nitrogens with zero attached hydrogens (tertiary/aromatic N) is 2. The first-order valence-corrected chi connectivity index (χ1v) is 8.21. The van der Waals surface area contributed by atoms with Crippen molar-refractivity contribution in [2.75, 3.05) is 0 Å². The summed E-state index contributed by atoms with van der Waals surface area (Å²) >= 11 is 3.47. The lowest BCUT2D eigenvalue weighted by Gasteiger charge is -2.32. The molecule has 112 valence electrons. The molecule has 1 saturated carbocycles. The summed E-state index contributed by atoms with van der Waals surface area (Å²) in [4.78, 5) is 4.54. The van der Waals surface area contributed by atoms with Crippen LogP contribution < -0.4 is 5.73 Å². The van der Waals surface area contributed by atoms with Gasteiger partial charge in [-0.1, -0.05) is 40.1 Å². The Kier molecular flexibility index (Phi) is 4.13. The lowest BCUT2D eigenvalue weighted by atomic mass is 9.78. The van der Waals surface area contributed by atoms with Crippen LogP contribution in [-0.2, 0) is 12.0 Å². The van der Waals surface area contributed by atoms with Crippen molar-refractivity contribution >= 4 is 15.9 Å². The second-order valence-electron chi connectivity index (χ2n) is 6.16. The van der Waals surface area contributed by atoms with E-state index in [-0.39, 0.29) is 0 Å². The van der Waals surface area contributed by atoms with Gasteiger partial charge in [-0.05, 0) is 49.3 Å². The van der Waals surface area contributed by atoms with Gasteiger partial charge in [-0.2, -0.15) is 4.98 Å². The molecule has 21 heavy (non-hydrogen) atoms. The Labute approximate surface area is 133 Å². The zero-order chi connectivity index (χ0) is 14.9. The van der Waals surface area contributed by atoms with E-state index < -0.39 is 5.54 Å². The van der Waals surface area contributed by atoms with E-state index in [4.69, 9.17) is 10.3 Å². The van der Waals surface area contributed by atoms with Crippen LogP contribution in [-0.4, -0.2) is 10.1 Å². The molecule has 0 bridgehead atoms. The highest BCUT2D eigenvalue weighted by Crippen LogP contribution is 2.36. The highest BCUT2D eigenvalue weighted by Gasteiger charge is 2.37. The quantitative estimate of drug-likeness (QED) is 0.915. The Hall–Kier alpha value is -1.20. The van der Waals surface area contributed by atoms with Crippen molar-refractivity contribution in [2.24, 2.45) is 11.7 Å². The van der Waals surface area contributed by atoms with Crippen molar-refractivity contribution in [3.63, 3.8) is 0 Å². The molecule has 1 aromatic heterocycles. The highest BCUT2D eigenvalue weighted by molar-refractivity contribution is 9.10. The molecule has 2 aromatic rings. The summed E-state index contributed by atoms with van der Waals surface area (Å²) in [6, 6.07) is 8.13. The fraction of sp³-hybridized carbons (Fsp3) is 0.500. The molecule has 3 rings (SSSR count). The summed E-state index contributed by atoms with van der Waals surface area (Å²) in [6.07, 6.45) is 4.76. The zero-order valence-electron chi connectivity index (χ0n) is 12.2. The van der Waals surface area contributed by atoms with Gasteiger partial charge in [0.25, 0.3) is 0 Å². The van der Waals surface area contributed by atoms with Gasteiger partial charge in [0.2, 0.25) is 5.89 Å². The van der Waals surface area contributed by atoms with E-state index in [9.17, 15) is 0 Å². The molecule has 0 aliphatic heterocycles. The van der Waals surface area contributed by atoms with Crippen molar-refractivity contribution in [3.05, 3.63) is 46.0 Å². The Morgan fingerprint density at radius 3 is 2.86 bits per heavy atom. The molecular formula is C16H20BrN3O. The minimum Gasteiger partial charge on any atom is -0.337 e. The van der Waals surface area contributed by atoms with E-state index >= 15 is 0 Å². The molecule has 0 unspecified atom stereocenters. The molecule has 0 saturated heterocycles. The van der Waals surface area contributed by atoms with Gasteiger partial charge in [0.1, 0.15) is 0 Å². The minimum absolute atomic E-state index is 0.435. The first-order valence-electron chi connectivity index (χ1n) is 7.41. The minimum atomic E-state index is -0.435. The standard InChI is InChI=1S/C16H20BrN3O/c1-11-5-7-16(18,8-6-11)15-19-14(20-21-15)10-12-3-2-4-13(17)9-12/h2-4,9,11H,5-8,10,18H2,1H3. The average Bonchev–Trinajstić information content (AvgIpc) is 2.92. The first kappa shape index (κ1) is 14.7. The normalized spacial score (nSPS) is 26.0. The molecule has 2 N–H and O–H groups in total. The third-order valence-electron chi connectivity index (χ3n) is 4.31. The maximum atomic E-state index is 6.47. The molecule has 1 aliphatic rings. The van der Waals surface area contributed by atoms with Crippen LogP contribution in [0.4, 0.5) is 0 Å². The fourth-order valence-electron chi connectivity index (χ4n) is 2.85. The fourth-order valence-corrected chi connectivity index (χ4v) is 3.30. The maximum Gasteiger partial charge on any atom is 0.246 e. The van der Waals surface area contributed by atoms with E-state index in [0.717, 1.165) is 41.6 Å². The van der Waals surface area contributed by atoms with Crippen LogP contribution in [0.2, 0.25) is 0 Å². The highest BCUT2D eigenvalue weighted by atomic mass is 79.9. The van der Waals surface area contributed by atoms with Gasteiger partial charge >= 0.3 is 0 Å². The molecule has 5 heteroatoms. The van der Waals surface area contributed by atoms with Crippen LogP contribution in [0.25, 0.3) is 0 Å². The van der Waals surface area contributed by atoms with Gasteiger partial charge in [-0.15, -0.1) is 0 Å². The lowest BCUT2D eigenvalue weighted by molar-refractivity contribution is 0.190. The molecule has 4 nitrogen and oxygen atoms in total.